The Hall–Kier alpha value is -2.94. The highest BCUT2D eigenvalue weighted by Crippen LogP contribution is 2.30. The number of benzene rings is 1. The smallest absolute Gasteiger partial charge is 0.266 e. The monoisotopic (exact) mass is 419 g/mol. The topological polar surface area (TPSA) is 63.1 Å². The van der Waals surface area contributed by atoms with Gasteiger partial charge in [0, 0.05) is 41.7 Å². The minimum atomic E-state index is -2.90. The number of rotatable bonds is 7. The van der Waals surface area contributed by atoms with E-state index in [2.05, 4.69) is 15.5 Å². The van der Waals surface area contributed by atoms with Crippen LogP contribution in [-0.2, 0) is 6.54 Å². The van der Waals surface area contributed by atoms with E-state index >= 15 is 0 Å². The molecule has 0 spiro atoms. The highest BCUT2D eigenvalue weighted by atomic mass is 19.3. The minimum absolute atomic E-state index is 0.101. The zero-order valence-corrected chi connectivity index (χ0v) is 17.3. The number of nitrogens with zero attached hydrogens (tertiary/aromatic N) is 4. The molecule has 0 saturated heterocycles. The Kier molecular flexibility index (Phi) is 6.40. The summed E-state index contributed by atoms with van der Waals surface area (Å²) < 4.78 is 42.2. The van der Waals surface area contributed by atoms with E-state index in [-0.39, 0.29) is 11.1 Å². The first-order chi connectivity index (χ1) is 14.2. The number of fused-ring (bicyclic) bond motifs is 1. The van der Waals surface area contributed by atoms with Crippen molar-refractivity contribution >= 4 is 16.6 Å². The van der Waals surface area contributed by atoms with E-state index in [0.717, 1.165) is 6.07 Å². The summed E-state index contributed by atoms with van der Waals surface area (Å²) in [6.07, 6.45) is -1.20. The number of aryl methyl sites for hydroxylation is 1. The molecule has 30 heavy (non-hydrogen) atoms. The molecule has 0 unspecified atom stereocenters. The molecule has 0 bridgehead atoms. The molecule has 3 rings (SSSR count). The zero-order valence-electron chi connectivity index (χ0n) is 17.3. The van der Waals surface area contributed by atoms with Crippen LogP contribution in [0.25, 0.3) is 10.8 Å². The summed E-state index contributed by atoms with van der Waals surface area (Å²) in [5, 5.41) is 12.6. The second kappa shape index (κ2) is 8.83. The molecule has 0 saturated carbocycles. The number of likely N-dealkylation sites (N-methyl/N-ethyl adjacent to an activating group) is 1. The standard InChI is InChI=1S/C21H24F3N5O/c1-12(14-6-5-7-15(19(14)22)20(23)24)25-21-17-11-29(9-8-28(3)4)18(30)10-16(17)13(2)26-27-21/h5-7,10-12,20H,8-9H2,1-4H3,(H,25,27)/t12-/m1/s1. The summed E-state index contributed by atoms with van der Waals surface area (Å²) in [5.74, 6) is -0.594. The van der Waals surface area contributed by atoms with Crippen molar-refractivity contribution in [3.8, 4) is 0 Å². The molecule has 160 valence electrons. The van der Waals surface area contributed by atoms with E-state index < -0.39 is 23.8 Å². The summed E-state index contributed by atoms with van der Waals surface area (Å²) in [6.45, 7) is 4.57. The quantitative estimate of drug-likeness (QED) is 0.629. The van der Waals surface area contributed by atoms with Gasteiger partial charge in [-0.25, -0.2) is 13.2 Å². The van der Waals surface area contributed by atoms with Crippen LogP contribution in [0.1, 0.15) is 36.2 Å². The highest BCUT2D eigenvalue weighted by Gasteiger charge is 2.20. The maximum Gasteiger partial charge on any atom is 0.266 e. The van der Waals surface area contributed by atoms with Crippen LogP contribution in [0.2, 0.25) is 0 Å². The molecule has 1 atom stereocenters. The van der Waals surface area contributed by atoms with Gasteiger partial charge in [0.1, 0.15) is 5.82 Å². The summed E-state index contributed by atoms with van der Waals surface area (Å²) in [5.41, 5.74) is -0.108. The van der Waals surface area contributed by atoms with Crippen molar-refractivity contribution in [1.82, 2.24) is 19.7 Å². The average molecular weight is 419 g/mol. The first-order valence-electron chi connectivity index (χ1n) is 9.54. The summed E-state index contributed by atoms with van der Waals surface area (Å²) >= 11 is 0. The lowest BCUT2D eigenvalue weighted by atomic mass is 10.0. The average Bonchev–Trinajstić information content (AvgIpc) is 2.68. The van der Waals surface area contributed by atoms with Gasteiger partial charge in [0.2, 0.25) is 0 Å². The summed E-state index contributed by atoms with van der Waals surface area (Å²) in [7, 11) is 3.83. The first-order valence-corrected chi connectivity index (χ1v) is 9.54. The number of halogens is 3. The van der Waals surface area contributed by atoms with Crippen molar-refractivity contribution < 1.29 is 13.2 Å². The molecular formula is C21H24F3N5O. The van der Waals surface area contributed by atoms with Gasteiger partial charge in [0.15, 0.2) is 5.82 Å². The first kappa shape index (κ1) is 21.8. The van der Waals surface area contributed by atoms with Crippen molar-refractivity contribution in [1.29, 1.82) is 0 Å². The lowest BCUT2D eigenvalue weighted by Crippen LogP contribution is -2.26. The minimum Gasteiger partial charge on any atom is -0.361 e. The van der Waals surface area contributed by atoms with Gasteiger partial charge in [-0.1, -0.05) is 18.2 Å². The fraction of sp³-hybridized carbons (Fsp3) is 0.381. The second-order valence-corrected chi connectivity index (χ2v) is 7.49. The molecule has 0 aliphatic heterocycles. The number of hydrogen-bond donors (Lipinski definition) is 1. The van der Waals surface area contributed by atoms with Gasteiger partial charge in [-0.15, -0.1) is 5.10 Å². The van der Waals surface area contributed by atoms with Gasteiger partial charge in [-0.3, -0.25) is 4.79 Å². The number of pyridine rings is 1. The predicted octanol–water partition coefficient (Wildman–Crippen LogP) is 3.91. The number of hydrogen-bond acceptors (Lipinski definition) is 5. The van der Waals surface area contributed by atoms with Gasteiger partial charge < -0.3 is 14.8 Å². The lowest BCUT2D eigenvalue weighted by molar-refractivity contribution is 0.146. The SMILES string of the molecule is Cc1nnc(N[C@H](C)c2cccc(C(F)F)c2F)c2cn(CCN(C)C)c(=O)cc12. The Morgan fingerprint density at radius 3 is 2.53 bits per heavy atom. The molecule has 0 aliphatic rings. The third kappa shape index (κ3) is 4.46. The van der Waals surface area contributed by atoms with Gasteiger partial charge in [-0.2, -0.15) is 5.10 Å². The molecular weight excluding hydrogens is 395 g/mol. The van der Waals surface area contributed by atoms with Crippen molar-refractivity contribution in [2.45, 2.75) is 32.9 Å². The second-order valence-electron chi connectivity index (χ2n) is 7.49. The van der Waals surface area contributed by atoms with Gasteiger partial charge in [0.25, 0.3) is 12.0 Å². The van der Waals surface area contributed by atoms with Crippen LogP contribution in [0.4, 0.5) is 19.0 Å². The van der Waals surface area contributed by atoms with Crippen LogP contribution in [0, 0.1) is 12.7 Å². The number of alkyl halides is 2. The van der Waals surface area contributed by atoms with E-state index in [1.807, 2.05) is 19.0 Å². The van der Waals surface area contributed by atoms with Crippen LogP contribution in [0.15, 0.2) is 35.3 Å². The Labute approximate surface area is 172 Å². The molecule has 1 aromatic carbocycles. The predicted molar refractivity (Wildman–Crippen MR) is 110 cm³/mol. The fourth-order valence-electron chi connectivity index (χ4n) is 3.24. The third-order valence-electron chi connectivity index (χ3n) is 4.97. The number of anilines is 1. The number of aromatic nitrogens is 3. The molecule has 0 fully saturated rings. The van der Waals surface area contributed by atoms with Crippen molar-refractivity contribution in [3.05, 3.63) is 63.5 Å². The van der Waals surface area contributed by atoms with Gasteiger partial charge >= 0.3 is 0 Å². The number of nitrogens with one attached hydrogen (secondary N) is 1. The lowest BCUT2D eigenvalue weighted by Gasteiger charge is -2.19. The summed E-state index contributed by atoms with van der Waals surface area (Å²) in [4.78, 5) is 14.4. The maximum absolute atomic E-state index is 14.5. The van der Waals surface area contributed by atoms with Crippen molar-refractivity contribution in [2.24, 2.45) is 0 Å². The van der Waals surface area contributed by atoms with Gasteiger partial charge in [-0.05, 0) is 27.9 Å². The van der Waals surface area contributed by atoms with Crippen LogP contribution in [-0.4, -0.2) is 40.3 Å². The normalized spacial score (nSPS) is 12.7. The van der Waals surface area contributed by atoms with Crippen LogP contribution in [0.5, 0.6) is 0 Å². The molecule has 2 aromatic heterocycles. The molecule has 0 radical (unpaired) electrons. The molecule has 6 nitrogen and oxygen atoms in total. The fourth-order valence-corrected chi connectivity index (χ4v) is 3.24. The largest absolute Gasteiger partial charge is 0.361 e. The molecule has 9 heteroatoms. The van der Waals surface area contributed by atoms with E-state index in [0.29, 0.717) is 35.4 Å². The Morgan fingerprint density at radius 1 is 1.17 bits per heavy atom. The molecule has 3 aromatic rings. The van der Waals surface area contributed by atoms with Gasteiger partial charge in [0.05, 0.1) is 17.3 Å². The van der Waals surface area contributed by atoms with Crippen LogP contribution >= 0.6 is 0 Å². The van der Waals surface area contributed by atoms with Crippen LogP contribution < -0.4 is 10.9 Å². The van der Waals surface area contributed by atoms with Crippen LogP contribution in [0.3, 0.4) is 0 Å². The van der Waals surface area contributed by atoms with E-state index in [1.165, 1.54) is 18.2 Å². The van der Waals surface area contributed by atoms with E-state index in [1.54, 1.807) is 24.6 Å². The van der Waals surface area contributed by atoms with E-state index in [4.69, 9.17) is 0 Å². The Balaban J connectivity index is 2.02. The summed E-state index contributed by atoms with van der Waals surface area (Å²) in [6, 6.07) is 4.78. The maximum atomic E-state index is 14.5. The third-order valence-corrected chi connectivity index (χ3v) is 4.97. The molecule has 0 aliphatic carbocycles. The molecule has 1 N–H and O–H groups in total. The van der Waals surface area contributed by atoms with Crippen molar-refractivity contribution in [3.63, 3.8) is 0 Å². The molecule has 0 amide bonds. The highest BCUT2D eigenvalue weighted by molar-refractivity contribution is 5.92. The van der Waals surface area contributed by atoms with E-state index in [9.17, 15) is 18.0 Å². The zero-order chi connectivity index (χ0) is 22.0. The molecule has 2 heterocycles. The van der Waals surface area contributed by atoms with Crippen molar-refractivity contribution in [2.75, 3.05) is 26.0 Å². The Bertz CT molecular complexity index is 1110. The Morgan fingerprint density at radius 2 is 1.87 bits per heavy atom.